The number of nitrogens with one attached hydrogen (secondary N) is 3. The summed E-state index contributed by atoms with van der Waals surface area (Å²) < 4.78 is 61.1. The SMILES string of the molecule is COc1ccc(C(OCC2OC(n3cnc4c(=O)[nH]c(NC(=O)C(C)C)nc43)CC2O[PH+](OCCOCCOCCNC(=O)OCC2c3ccccc3-c3ccccc32)N(C(C)C)C(C)C)(c2ccccc2)c2ccc(OC)cc2)cc1. The van der Waals surface area contributed by atoms with Crippen LogP contribution in [0.15, 0.2) is 139 Å². The first-order valence-electron chi connectivity index (χ1n) is 27.9. The maximum Gasteiger partial charge on any atom is 0.407 e. The van der Waals surface area contributed by atoms with Crippen molar-refractivity contribution in [2.75, 3.05) is 72.3 Å². The second-order valence-electron chi connectivity index (χ2n) is 20.9. The highest BCUT2D eigenvalue weighted by Gasteiger charge is 2.48. The molecule has 2 amide bonds. The smallest absolute Gasteiger partial charge is 0.407 e. The van der Waals surface area contributed by atoms with Gasteiger partial charge >= 0.3 is 14.6 Å². The van der Waals surface area contributed by atoms with Crippen LogP contribution in [0, 0.1) is 5.92 Å². The molecule has 0 radical (unpaired) electrons. The number of benzene rings is 5. The summed E-state index contributed by atoms with van der Waals surface area (Å²) in [6.45, 7) is 13.8. The molecule has 20 heteroatoms. The lowest BCUT2D eigenvalue weighted by Crippen LogP contribution is -2.39. The molecule has 434 valence electrons. The zero-order chi connectivity index (χ0) is 57.8. The second-order valence-corrected chi connectivity index (χ2v) is 22.5. The number of imidazole rings is 1. The molecule has 3 N–H and O–H groups in total. The van der Waals surface area contributed by atoms with E-state index in [2.05, 4.69) is 82.2 Å². The number of ether oxygens (including phenoxy) is 7. The predicted octanol–water partition coefficient (Wildman–Crippen LogP) is 10.1. The number of aromatic nitrogens is 4. The van der Waals surface area contributed by atoms with E-state index < -0.39 is 44.2 Å². The van der Waals surface area contributed by atoms with Crippen LogP contribution < -0.4 is 25.7 Å². The van der Waals surface area contributed by atoms with Crippen molar-refractivity contribution in [2.45, 2.75) is 90.0 Å². The van der Waals surface area contributed by atoms with Crippen LogP contribution in [0.5, 0.6) is 11.5 Å². The Balaban J connectivity index is 0.890. The number of aromatic amines is 1. The van der Waals surface area contributed by atoms with E-state index in [-0.39, 0.29) is 92.9 Å². The molecular weight excluding hydrogens is 1070 g/mol. The normalized spacial score (nSPS) is 16.5. The van der Waals surface area contributed by atoms with Crippen molar-refractivity contribution in [2.24, 2.45) is 5.92 Å². The van der Waals surface area contributed by atoms with E-state index in [0.717, 1.165) is 27.8 Å². The van der Waals surface area contributed by atoms with Crippen molar-refractivity contribution in [3.05, 3.63) is 172 Å². The Hall–Kier alpha value is -7.06. The van der Waals surface area contributed by atoms with E-state index >= 15 is 0 Å². The fourth-order valence-corrected chi connectivity index (χ4v) is 12.5. The molecule has 1 aliphatic carbocycles. The van der Waals surface area contributed by atoms with Gasteiger partial charge in [0.2, 0.25) is 11.9 Å². The monoisotopic (exact) mass is 1140 g/mol. The summed E-state index contributed by atoms with van der Waals surface area (Å²) in [4.78, 5) is 50.7. The van der Waals surface area contributed by atoms with Gasteiger partial charge in [-0.3, -0.25) is 24.5 Å². The Kier molecular flexibility index (Phi) is 20.2. The number of alkyl carbamates (subject to hydrolysis) is 1. The zero-order valence-electron chi connectivity index (χ0n) is 47.8. The topological polar surface area (TPSA) is 208 Å². The molecule has 2 aliphatic rings. The minimum atomic E-state index is -2.28. The first-order valence-corrected chi connectivity index (χ1v) is 29.2. The molecule has 0 spiro atoms. The number of methoxy groups -OCH3 is 2. The summed E-state index contributed by atoms with van der Waals surface area (Å²) in [5.41, 5.74) is 5.81. The van der Waals surface area contributed by atoms with Crippen molar-refractivity contribution in [3.63, 3.8) is 0 Å². The Labute approximate surface area is 479 Å². The lowest BCUT2D eigenvalue weighted by atomic mass is 9.80. The average Bonchev–Trinajstić information content (AvgIpc) is 3.34. The number of hydrogen-bond donors (Lipinski definition) is 3. The third-order valence-electron chi connectivity index (χ3n) is 14.6. The molecular formula is C62H75N7O12P+. The van der Waals surface area contributed by atoms with Gasteiger partial charge in [-0.25, -0.2) is 9.78 Å². The number of carbonyl (C=O) groups excluding carboxylic acids is 2. The lowest BCUT2D eigenvalue weighted by molar-refractivity contribution is -0.118. The third-order valence-corrected chi connectivity index (χ3v) is 17.0. The van der Waals surface area contributed by atoms with Crippen LogP contribution in [0.1, 0.15) is 87.9 Å². The van der Waals surface area contributed by atoms with E-state index in [1.54, 1.807) is 32.6 Å². The molecule has 1 fully saturated rings. The molecule has 3 heterocycles. The fraction of sp³-hybridized carbons (Fsp3) is 0.403. The molecule has 0 saturated carbocycles. The standard InChI is InChI=1S/C62H74N7O12P/c1-40(2)58(70)66-60-65-57-56(59(71)67-60)64-39-68(57)55-36-53(54(80-55)38-78-62(43-16-10-9-11-17-43,44-22-26-46(73-7)27-23-44)45-24-28-47(74-8)29-25-45)81-82(69(41(3)4)42(5)6)79-35-34-76-33-32-75-31-30-63-61(72)77-37-52-50-20-14-12-18-48(50)49-19-13-15-21-51(49)52/h9-29,39-42,52-55H,30-38H2,1-8H3,(H,63,72)(H2,65,66,67,70,71)/p+1. The van der Waals surface area contributed by atoms with Gasteiger partial charge < -0.3 is 38.5 Å². The molecule has 7 aromatic rings. The number of anilines is 1. The van der Waals surface area contributed by atoms with Gasteiger partial charge in [0.15, 0.2) is 11.2 Å². The van der Waals surface area contributed by atoms with Crippen molar-refractivity contribution >= 4 is 37.6 Å². The highest BCUT2D eigenvalue weighted by atomic mass is 31.2. The van der Waals surface area contributed by atoms with E-state index in [1.807, 2.05) is 103 Å². The summed E-state index contributed by atoms with van der Waals surface area (Å²) >= 11 is 0. The van der Waals surface area contributed by atoms with Gasteiger partial charge in [-0.2, -0.15) is 14.0 Å². The van der Waals surface area contributed by atoms with E-state index in [4.69, 9.17) is 42.2 Å². The quantitative estimate of drug-likeness (QED) is 0.0237. The second kappa shape index (κ2) is 27.8. The predicted molar refractivity (Wildman–Crippen MR) is 314 cm³/mol. The van der Waals surface area contributed by atoms with Gasteiger partial charge in [0, 0.05) is 36.9 Å². The summed E-state index contributed by atoms with van der Waals surface area (Å²) in [6.07, 6.45) is -0.782. The highest BCUT2D eigenvalue weighted by Crippen LogP contribution is 2.51. The Morgan fingerprint density at radius 1 is 0.744 bits per heavy atom. The van der Waals surface area contributed by atoms with Crippen LogP contribution in [-0.2, 0) is 43.1 Å². The number of nitrogens with zero attached hydrogens (tertiary/aromatic N) is 4. The zero-order valence-corrected chi connectivity index (χ0v) is 48.8. The molecule has 4 unspecified atom stereocenters. The minimum absolute atomic E-state index is 0.00413. The fourth-order valence-electron chi connectivity index (χ4n) is 10.6. The van der Waals surface area contributed by atoms with Gasteiger partial charge in [-0.1, -0.05) is 117 Å². The molecule has 2 aromatic heterocycles. The third kappa shape index (κ3) is 13.7. The van der Waals surface area contributed by atoms with Gasteiger partial charge in [0.1, 0.15) is 48.7 Å². The van der Waals surface area contributed by atoms with Crippen molar-refractivity contribution < 1.29 is 51.8 Å². The van der Waals surface area contributed by atoms with E-state index in [1.165, 1.54) is 17.5 Å². The van der Waals surface area contributed by atoms with Crippen molar-refractivity contribution in [1.29, 1.82) is 0 Å². The molecule has 82 heavy (non-hydrogen) atoms. The molecule has 1 aliphatic heterocycles. The molecule has 9 rings (SSSR count). The van der Waals surface area contributed by atoms with Gasteiger partial charge in [0.05, 0.1) is 53.6 Å². The van der Waals surface area contributed by atoms with Crippen LogP contribution in [0.4, 0.5) is 10.7 Å². The minimum Gasteiger partial charge on any atom is -0.497 e. The summed E-state index contributed by atoms with van der Waals surface area (Å²) in [7, 11) is 0.988. The Morgan fingerprint density at radius 2 is 1.32 bits per heavy atom. The van der Waals surface area contributed by atoms with Crippen molar-refractivity contribution in [3.8, 4) is 22.6 Å². The largest absolute Gasteiger partial charge is 0.497 e. The number of hydrogen-bond acceptors (Lipinski definition) is 15. The maximum atomic E-state index is 13.4. The molecule has 19 nitrogen and oxygen atoms in total. The number of rotatable bonds is 28. The van der Waals surface area contributed by atoms with Crippen LogP contribution in [0.2, 0.25) is 0 Å². The van der Waals surface area contributed by atoms with Gasteiger partial charge in [-0.15, -0.1) is 4.67 Å². The van der Waals surface area contributed by atoms with Crippen LogP contribution >= 0.6 is 8.53 Å². The lowest BCUT2D eigenvalue weighted by Gasteiger charge is -2.37. The van der Waals surface area contributed by atoms with Crippen molar-refractivity contribution in [1.82, 2.24) is 29.5 Å². The highest BCUT2D eigenvalue weighted by molar-refractivity contribution is 7.44. The first kappa shape index (κ1) is 59.6. The number of amides is 2. The van der Waals surface area contributed by atoms with Crippen LogP contribution in [-0.4, -0.2) is 127 Å². The number of H-pyrrole nitrogens is 1. The number of carbonyl (C=O) groups is 2. The van der Waals surface area contributed by atoms with E-state index in [9.17, 15) is 14.4 Å². The maximum absolute atomic E-state index is 13.4. The first-order chi connectivity index (χ1) is 39.8. The molecule has 0 bridgehead atoms. The van der Waals surface area contributed by atoms with Gasteiger partial charge in [-0.05, 0) is 90.9 Å². The summed E-state index contributed by atoms with van der Waals surface area (Å²) in [5.74, 6) is 0.684. The molecule has 1 saturated heterocycles. The Bertz CT molecular complexity index is 3170. The van der Waals surface area contributed by atoms with Crippen LogP contribution in [0.3, 0.4) is 0 Å². The Morgan fingerprint density at radius 3 is 1.91 bits per heavy atom. The van der Waals surface area contributed by atoms with E-state index in [0.29, 0.717) is 24.7 Å². The summed E-state index contributed by atoms with van der Waals surface area (Å²) in [5, 5.41) is 5.51. The van der Waals surface area contributed by atoms with Gasteiger partial charge in [0.25, 0.3) is 5.56 Å². The molecule has 4 atom stereocenters. The van der Waals surface area contributed by atoms with Crippen LogP contribution in [0.25, 0.3) is 22.3 Å². The molecule has 5 aromatic carbocycles. The average molecular weight is 1140 g/mol. The summed E-state index contributed by atoms with van der Waals surface area (Å²) in [6, 6.07) is 42.2. The number of fused-ring (bicyclic) bond motifs is 4.